The lowest BCUT2D eigenvalue weighted by atomic mass is 9.72. The summed E-state index contributed by atoms with van der Waals surface area (Å²) in [6, 6.07) is 2.31. The van der Waals surface area contributed by atoms with Crippen LogP contribution in [-0.4, -0.2) is 13.9 Å². The van der Waals surface area contributed by atoms with Gasteiger partial charge in [0.15, 0.2) is 8.32 Å². The Labute approximate surface area is 108 Å². The van der Waals surface area contributed by atoms with Gasteiger partial charge >= 0.3 is 0 Å². The van der Waals surface area contributed by atoms with Gasteiger partial charge in [0, 0.05) is 0 Å². The minimum atomic E-state index is -1.56. The van der Waals surface area contributed by atoms with Crippen LogP contribution in [0.2, 0.25) is 18.6 Å². The van der Waals surface area contributed by atoms with Crippen molar-refractivity contribution in [2.75, 3.05) is 0 Å². The van der Waals surface area contributed by atoms with Crippen molar-refractivity contribution in [2.24, 2.45) is 5.41 Å². The molecule has 1 aliphatic heterocycles. The Balaban J connectivity index is 0.00000256. The maximum Gasteiger partial charge on any atom is 0.194 e. The van der Waals surface area contributed by atoms with Crippen LogP contribution in [0.4, 0.5) is 0 Å². The standard InChI is InChI=1S/C14H26OSi.H3N/c1-7-9-14(5)13(3,4)10-12-16(6,15-14)11-8-2;/h7-8H,1-2,9-12H2,3-6H3;1H3. The Morgan fingerprint density at radius 2 is 1.82 bits per heavy atom. The maximum absolute atomic E-state index is 6.55. The molecule has 2 nitrogen and oxygen atoms in total. The van der Waals surface area contributed by atoms with Crippen molar-refractivity contribution in [1.29, 1.82) is 0 Å². The van der Waals surface area contributed by atoms with Crippen molar-refractivity contribution >= 4 is 8.32 Å². The third-order valence-corrected chi connectivity index (χ3v) is 7.70. The number of rotatable bonds is 4. The summed E-state index contributed by atoms with van der Waals surface area (Å²) in [6.45, 7) is 17.0. The average molecular weight is 255 g/mol. The van der Waals surface area contributed by atoms with Gasteiger partial charge in [0.2, 0.25) is 0 Å². The predicted octanol–water partition coefficient (Wildman–Crippen LogP) is 4.69. The quantitative estimate of drug-likeness (QED) is 0.585. The Kier molecular flexibility index (Phi) is 5.38. The fourth-order valence-corrected chi connectivity index (χ4v) is 6.22. The van der Waals surface area contributed by atoms with Crippen LogP contribution in [0, 0.1) is 5.41 Å². The third-order valence-electron chi connectivity index (χ3n) is 4.29. The molecule has 100 valence electrons. The lowest BCUT2D eigenvalue weighted by Gasteiger charge is -2.54. The molecule has 0 radical (unpaired) electrons. The lowest BCUT2D eigenvalue weighted by Crippen LogP contribution is -2.57. The van der Waals surface area contributed by atoms with Gasteiger partial charge in [0.25, 0.3) is 0 Å². The molecule has 1 heterocycles. The minimum absolute atomic E-state index is 0. The molecule has 0 spiro atoms. The van der Waals surface area contributed by atoms with Crippen molar-refractivity contribution in [2.45, 2.75) is 57.8 Å². The van der Waals surface area contributed by atoms with Crippen LogP contribution < -0.4 is 6.15 Å². The molecule has 0 amide bonds. The van der Waals surface area contributed by atoms with Gasteiger partial charge in [-0.25, -0.2) is 0 Å². The van der Waals surface area contributed by atoms with E-state index in [1.165, 1.54) is 12.5 Å². The van der Waals surface area contributed by atoms with Crippen LogP contribution in [0.15, 0.2) is 25.3 Å². The second kappa shape index (κ2) is 5.51. The van der Waals surface area contributed by atoms with E-state index in [0.717, 1.165) is 12.5 Å². The summed E-state index contributed by atoms with van der Waals surface area (Å²) in [4.78, 5) is 0. The molecule has 3 N–H and O–H groups in total. The Morgan fingerprint density at radius 1 is 1.24 bits per heavy atom. The number of allylic oxidation sites excluding steroid dienone is 1. The highest BCUT2D eigenvalue weighted by Gasteiger charge is 2.50. The molecule has 1 rings (SSSR count). The zero-order valence-corrected chi connectivity index (χ0v) is 13.0. The van der Waals surface area contributed by atoms with E-state index in [0.29, 0.717) is 0 Å². The second-order valence-electron chi connectivity index (χ2n) is 6.15. The highest BCUT2D eigenvalue weighted by molar-refractivity contribution is 6.73. The SMILES string of the molecule is C=CCC1(C)O[Si](C)(CC=C)CCC1(C)C.N. The highest BCUT2D eigenvalue weighted by Crippen LogP contribution is 2.49. The first-order valence-corrected chi connectivity index (χ1v) is 9.03. The molecule has 0 aromatic rings. The summed E-state index contributed by atoms with van der Waals surface area (Å²) in [5, 5.41) is 0. The van der Waals surface area contributed by atoms with E-state index in [1.54, 1.807) is 0 Å². The van der Waals surface area contributed by atoms with E-state index in [4.69, 9.17) is 4.43 Å². The van der Waals surface area contributed by atoms with Gasteiger partial charge in [-0.2, -0.15) is 0 Å². The van der Waals surface area contributed by atoms with E-state index >= 15 is 0 Å². The fraction of sp³-hybridized carbons (Fsp3) is 0.714. The Bertz CT molecular complexity index is 290. The monoisotopic (exact) mass is 255 g/mol. The maximum atomic E-state index is 6.55. The topological polar surface area (TPSA) is 44.2 Å². The first-order chi connectivity index (χ1) is 7.29. The first-order valence-electron chi connectivity index (χ1n) is 6.21. The van der Waals surface area contributed by atoms with Crippen molar-refractivity contribution in [3.05, 3.63) is 25.3 Å². The Hall–Kier alpha value is -0.383. The zero-order chi connectivity index (χ0) is 12.4. The Morgan fingerprint density at radius 3 is 2.29 bits per heavy atom. The highest BCUT2D eigenvalue weighted by atomic mass is 28.4. The van der Waals surface area contributed by atoms with E-state index < -0.39 is 8.32 Å². The smallest absolute Gasteiger partial charge is 0.194 e. The normalized spacial score (nSPS) is 35.8. The number of hydrogen-bond donors (Lipinski definition) is 1. The molecule has 2 unspecified atom stereocenters. The van der Waals surface area contributed by atoms with Crippen LogP contribution in [-0.2, 0) is 4.43 Å². The van der Waals surface area contributed by atoms with Crippen molar-refractivity contribution in [3.8, 4) is 0 Å². The third kappa shape index (κ3) is 3.30. The van der Waals surface area contributed by atoms with Crippen LogP contribution in [0.1, 0.15) is 33.6 Å². The van der Waals surface area contributed by atoms with Gasteiger partial charge in [0.05, 0.1) is 5.60 Å². The van der Waals surface area contributed by atoms with Crippen molar-refractivity contribution in [3.63, 3.8) is 0 Å². The molecule has 0 aliphatic carbocycles. The minimum Gasteiger partial charge on any atom is -0.411 e. The molecule has 0 aromatic carbocycles. The molecule has 17 heavy (non-hydrogen) atoms. The van der Waals surface area contributed by atoms with Crippen LogP contribution in [0.5, 0.6) is 0 Å². The van der Waals surface area contributed by atoms with Gasteiger partial charge < -0.3 is 10.6 Å². The van der Waals surface area contributed by atoms with E-state index in [1.807, 2.05) is 12.2 Å². The van der Waals surface area contributed by atoms with E-state index in [2.05, 4.69) is 40.5 Å². The molecular formula is C14H29NOSi. The van der Waals surface area contributed by atoms with Crippen LogP contribution >= 0.6 is 0 Å². The molecule has 0 saturated carbocycles. The summed E-state index contributed by atoms with van der Waals surface area (Å²) in [7, 11) is -1.56. The molecule has 1 aliphatic rings. The first kappa shape index (κ1) is 16.6. The van der Waals surface area contributed by atoms with Gasteiger partial charge in [-0.1, -0.05) is 26.0 Å². The summed E-state index contributed by atoms with van der Waals surface area (Å²) in [6.07, 6.45) is 6.22. The van der Waals surface area contributed by atoms with E-state index in [-0.39, 0.29) is 17.2 Å². The van der Waals surface area contributed by atoms with Crippen molar-refractivity contribution < 1.29 is 4.43 Å². The average Bonchev–Trinajstić information content (AvgIpc) is 2.14. The molecule has 1 saturated heterocycles. The molecule has 1 fully saturated rings. The molecule has 2 atom stereocenters. The second-order valence-corrected chi connectivity index (χ2v) is 10.2. The number of hydrogen-bond acceptors (Lipinski definition) is 2. The largest absolute Gasteiger partial charge is 0.411 e. The van der Waals surface area contributed by atoms with Gasteiger partial charge in [-0.15, -0.1) is 13.2 Å². The van der Waals surface area contributed by atoms with Crippen LogP contribution in [0.3, 0.4) is 0 Å². The zero-order valence-electron chi connectivity index (χ0n) is 12.0. The molecule has 0 aromatic heterocycles. The van der Waals surface area contributed by atoms with Crippen LogP contribution in [0.25, 0.3) is 0 Å². The summed E-state index contributed by atoms with van der Waals surface area (Å²) < 4.78 is 6.55. The fourth-order valence-electron chi connectivity index (χ4n) is 2.62. The van der Waals surface area contributed by atoms with Gasteiger partial charge in [0.1, 0.15) is 0 Å². The molecular weight excluding hydrogens is 226 g/mol. The van der Waals surface area contributed by atoms with E-state index in [9.17, 15) is 0 Å². The predicted molar refractivity (Wildman–Crippen MR) is 79.2 cm³/mol. The molecule has 3 heteroatoms. The van der Waals surface area contributed by atoms with Gasteiger partial charge in [-0.3, -0.25) is 0 Å². The summed E-state index contributed by atoms with van der Waals surface area (Å²) in [5.41, 5.74) is 0.200. The summed E-state index contributed by atoms with van der Waals surface area (Å²) in [5.74, 6) is 0. The van der Waals surface area contributed by atoms with Gasteiger partial charge in [-0.05, 0) is 43.8 Å². The summed E-state index contributed by atoms with van der Waals surface area (Å²) >= 11 is 0. The lowest BCUT2D eigenvalue weighted by molar-refractivity contribution is -0.0530. The van der Waals surface area contributed by atoms with Crippen molar-refractivity contribution in [1.82, 2.24) is 6.15 Å². The molecule has 0 bridgehead atoms.